The number of nitrogens with one attached hydrogen (secondary N) is 1. The van der Waals surface area contributed by atoms with Gasteiger partial charge < -0.3 is 14.8 Å². The van der Waals surface area contributed by atoms with Crippen LogP contribution in [0.1, 0.15) is 46.6 Å². The van der Waals surface area contributed by atoms with E-state index in [1.165, 1.54) is 42.7 Å². The number of likely N-dealkylation sites (tertiary alicyclic amines) is 1. The molecule has 1 amide bonds. The maximum Gasteiger partial charge on any atom is 0.267 e. The highest BCUT2D eigenvalue weighted by Crippen LogP contribution is 2.24. The van der Waals surface area contributed by atoms with E-state index in [4.69, 9.17) is 0 Å². The monoisotopic (exact) mass is 398 g/mol. The summed E-state index contributed by atoms with van der Waals surface area (Å²) in [5.41, 5.74) is 4.34. The third-order valence-corrected chi connectivity index (χ3v) is 6.22. The lowest BCUT2D eigenvalue weighted by Gasteiger charge is -2.27. The average Bonchev–Trinajstić information content (AvgIpc) is 3.06. The lowest BCUT2D eigenvalue weighted by atomic mass is 10.1. The summed E-state index contributed by atoms with van der Waals surface area (Å²) in [5, 5.41) is 3.10. The van der Waals surface area contributed by atoms with Crippen LogP contribution < -0.4 is 5.32 Å². The molecule has 0 radical (unpaired) electrons. The van der Waals surface area contributed by atoms with Gasteiger partial charge in [0.1, 0.15) is 11.5 Å². The standard InChI is InChI=1S/C23H31FN4O/c1-26-21-9-13-28(16-18-5-7-20(24)8-6-18)17-19(21)15-22(26)23(29)25-10-14-27-11-3-2-4-12-27/h5-8,15H,2-4,9-14,16-17H2,1H3,(H,25,29). The maximum absolute atomic E-state index is 13.1. The summed E-state index contributed by atoms with van der Waals surface area (Å²) in [4.78, 5) is 17.5. The summed E-state index contributed by atoms with van der Waals surface area (Å²) in [7, 11) is 1.99. The Hall–Kier alpha value is -2.18. The Kier molecular flexibility index (Phi) is 6.31. The van der Waals surface area contributed by atoms with E-state index in [-0.39, 0.29) is 11.7 Å². The minimum atomic E-state index is -0.200. The number of amides is 1. The predicted octanol–water partition coefficient (Wildman–Crippen LogP) is 2.94. The maximum atomic E-state index is 13.1. The molecule has 2 aliphatic heterocycles. The molecule has 3 heterocycles. The molecule has 29 heavy (non-hydrogen) atoms. The Morgan fingerprint density at radius 3 is 2.59 bits per heavy atom. The molecule has 0 spiro atoms. The number of carbonyl (C=O) groups excluding carboxylic acids is 1. The van der Waals surface area contributed by atoms with Crippen molar-refractivity contribution in [1.29, 1.82) is 0 Å². The van der Waals surface area contributed by atoms with Crippen molar-refractivity contribution in [2.24, 2.45) is 7.05 Å². The van der Waals surface area contributed by atoms with Crippen LogP contribution in [-0.4, -0.2) is 53.0 Å². The number of hydrogen-bond donors (Lipinski definition) is 1. The van der Waals surface area contributed by atoms with Crippen molar-refractivity contribution in [3.05, 3.63) is 58.7 Å². The van der Waals surface area contributed by atoms with Gasteiger partial charge in [-0.25, -0.2) is 4.39 Å². The molecular weight excluding hydrogens is 367 g/mol. The third-order valence-electron chi connectivity index (χ3n) is 6.22. The Morgan fingerprint density at radius 2 is 1.83 bits per heavy atom. The van der Waals surface area contributed by atoms with Gasteiger partial charge in [-0.3, -0.25) is 9.69 Å². The first-order valence-corrected chi connectivity index (χ1v) is 10.7. The number of piperidine rings is 1. The summed E-state index contributed by atoms with van der Waals surface area (Å²) >= 11 is 0. The van der Waals surface area contributed by atoms with Crippen LogP contribution in [0.2, 0.25) is 0 Å². The molecule has 0 saturated carbocycles. The third kappa shape index (κ3) is 4.87. The number of benzene rings is 1. The zero-order chi connectivity index (χ0) is 20.2. The first-order valence-electron chi connectivity index (χ1n) is 10.7. The second-order valence-electron chi connectivity index (χ2n) is 8.31. The topological polar surface area (TPSA) is 40.5 Å². The number of nitrogens with zero attached hydrogens (tertiary/aromatic N) is 3. The molecule has 0 unspecified atom stereocenters. The molecule has 156 valence electrons. The Labute approximate surface area is 172 Å². The molecule has 6 heteroatoms. The van der Waals surface area contributed by atoms with Crippen LogP contribution >= 0.6 is 0 Å². The summed E-state index contributed by atoms with van der Waals surface area (Å²) in [6.45, 7) is 6.49. The van der Waals surface area contributed by atoms with Crippen LogP contribution in [0, 0.1) is 5.82 Å². The minimum Gasteiger partial charge on any atom is -0.349 e. The van der Waals surface area contributed by atoms with E-state index in [0.29, 0.717) is 6.54 Å². The Morgan fingerprint density at radius 1 is 1.07 bits per heavy atom. The van der Waals surface area contributed by atoms with Crippen molar-refractivity contribution >= 4 is 5.91 Å². The van der Waals surface area contributed by atoms with Crippen LogP contribution in [0.4, 0.5) is 4.39 Å². The van der Waals surface area contributed by atoms with Crippen molar-refractivity contribution in [3.8, 4) is 0 Å². The summed E-state index contributed by atoms with van der Waals surface area (Å²) in [6, 6.07) is 8.76. The van der Waals surface area contributed by atoms with Crippen molar-refractivity contribution in [2.75, 3.05) is 32.7 Å². The van der Waals surface area contributed by atoms with Crippen molar-refractivity contribution in [1.82, 2.24) is 19.7 Å². The SMILES string of the molecule is Cn1c(C(=O)NCCN2CCCCC2)cc2c1CCN(Cc1ccc(F)cc1)C2. The molecule has 0 atom stereocenters. The summed E-state index contributed by atoms with van der Waals surface area (Å²) < 4.78 is 15.2. The quantitative estimate of drug-likeness (QED) is 0.813. The van der Waals surface area contributed by atoms with Gasteiger partial charge in [-0.1, -0.05) is 18.6 Å². The molecule has 5 nitrogen and oxygen atoms in total. The molecule has 2 aliphatic rings. The number of halogens is 1. The molecular formula is C23H31FN4O. The summed E-state index contributed by atoms with van der Waals surface area (Å²) in [5.74, 6) is -0.183. The highest BCUT2D eigenvalue weighted by molar-refractivity contribution is 5.93. The fourth-order valence-electron chi connectivity index (χ4n) is 4.56. The molecule has 4 rings (SSSR count). The van der Waals surface area contributed by atoms with E-state index in [9.17, 15) is 9.18 Å². The van der Waals surface area contributed by atoms with Crippen LogP contribution in [0.15, 0.2) is 30.3 Å². The van der Waals surface area contributed by atoms with Crippen LogP contribution in [0.3, 0.4) is 0 Å². The predicted molar refractivity (Wildman–Crippen MR) is 112 cm³/mol. The Balaban J connectivity index is 1.34. The van der Waals surface area contributed by atoms with E-state index in [1.807, 2.05) is 25.2 Å². The van der Waals surface area contributed by atoms with Crippen molar-refractivity contribution in [3.63, 3.8) is 0 Å². The normalized spacial score (nSPS) is 17.9. The van der Waals surface area contributed by atoms with E-state index in [0.717, 1.165) is 56.9 Å². The second-order valence-corrected chi connectivity index (χ2v) is 8.31. The fraction of sp³-hybridized carbons (Fsp3) is 0.522. The highest BCUT2D eigenvalue weighted by atomic mass is 19.1. The van der Waals surface area contributed by atoms with Gasteiger partial charge in [0.2, 0.25) is 0 Å². The van der Waals surface area contributed by atoms with E-state index < -0.39 is 0 Å². The lowest BCUT2D eigenvalue weighted by Crippen LogP contribution is -2.38. The van der Waals surface area contributed by atoms with Crippen LogP contribution in [-0.2, 0) is 26.6 Å². The largest absolute Gasteiger partial charge is 0.349 e. The zero-order valence-electron chi connectivity index (χ0n) is 17.3. The van der Waals surface area contributed by atoms with Crippen molar-refractivity contribution in [2.45, 2.75) is 38.8 Å². The molecule has 1 aromatic heterocycles. The number of fused-ring (bicyclic) bond motifs is 1. The summed E-state index contributed by atoms with van der Waals surface area (Å²) in [6.07, 6.45) is 4.80. The highest BCUT2D eigenvalue weighted by Gasteiger charge is 2.23. The average molecular weight is 399 g/mol. The second kappa shape index (κ2) is 9.09. The number of rotatable bonds is 6. The van der Waals surface area contributed by atoms with Gasteiger partial charge in [0.05, 0.1) is 0 Å². The molecule has 1 aromatic carbocycles. The zero-order valence-corrected chi connectivity index (χ0v) is 17.3. The minimum absolute atomic E-state index is 0.0176. The van der Waals surface area contributed by atoms with Crippen LogP contribution in [0.5, 0.6) is 0 Å². The molecule has 0 bridgehead atoms. The fourth-order valence-corrected chi connectivity index (χ4v) is 4.56. The van der Waals surface area contributed by atoms with Crippen molar-refractivity contribution < 1.29 is 9.18 Å². The number of carbonyl (C=O) groups is 1. The molecule has 1 N–H and O–H groups in total. The van der Waals surface area contributed by atoms with E-state index in [2.05, 4.69) is 19.7 Å². The number of aromatic nitrogens is 1. The van der Waals surface area contributed by atoms with E-state index in [1.54, 1.807) is 0 Å². The van der Waals surface area contributed by atoms with Gasteiger partial charge in [0.15, 0.2) is 0 Å². The molecule has 2 aromatic rings. The van der Waals surface area contributed by atoms with Gasteiger partial charge in [-0.15, -0.1) is 0 Å². The van der Waals surface area contributed by atoms with Gasteiger partial charge in [-0.05, 0) is 55.3 Å². The Bertz CT molecular complexity index is 839. The van der Waals surface area contributed by atoms with Crippen LogP contribution in [0.25, 0.3) is 0 Å². The number of hydrogen-bond acceptors (Lipinski definition) is 3. The van der Waals surface area contributed by atoms with E-state index >= 15 is 0 Å². The lowest BCUT2D eigenvalue weighted by molar-refractivity contribution is 0.0938. The van der Waals surface area contributed by atoms with Gasteiger partial charge in [0, 0.05) is 51.9 Å². The molecule has 1 fully saturated rings. The first-order chi connectivity index (χ1) is 14.1. The smallest absolute Gasteiger partial charge is 0.267 e. The van der Waals surface area contributed by atoms with Gasteiger partial charge >= 0.3 is 0 Å². The molecule has 1 saturated heterocycles. The van der Waals surface area contributed by atoms with Gasteiger partial charge in [0.25, 0.3) is 5.91 Å². The van der Waals surface area contributed by atoms with Gasteiger partial charge in [-0.2, -0.15) is 0 Å². The molecule has 0 aliphatic carbocycles. The first kappa shape index (κ1) is 20.1.